The van der Waals surface area contributed by atoms with Crippen molar-refractivity contribution >= 4 is 23.7 Å². The lowest BCUT2D eigenvalue weighted by Crippen LogP contribution is -2.45. The van der Waals surface area contributed by atoms with E-state index < -0.39 is 35.3 Å². The van der Waals surface area contributed by atoms with Gasteiger partial charge in [-0.3, -0.25) is 19.1 Å². The number of amides is 3. The van der Waals surface area contributed by atoms with Gasteiger partial charge in [0, 0.05) is 30.8 Å². The molecular formula is C21H22N4O5. The fourth-order valence-electron chi connectivity index (χ4n) is 4.12. The molecule has 0 N–H and O–H groups in total. The Morgan fingerprint density at radius 2 is 1.70 bits per heavy atom. The molecule has 156 valence electrons. The highest BCUT2D eigenvalue weighted by molar-refractivity contribution is 6.20. The Labute approximate surface area is 173 Å². The number of hydrogen-bond donors (Lipinski definition) is 0. The van der Waals surface area contributed by atoms with E-state index >= 15 is 0 Å². The first kappa shape index (κ1) is 19.8. The van der Waals surface area contributed by atoms with Crippen LogP contribution in [0.1, 0.15) is 59.5 Å². The van der Waals surface area contributed by atoms with Gasteiger partial charge in [-0.05, 0) is 32.9 Å². The van der Waals surface area contributed by atoms with Gasteiger partial charge in [0.2, 0.25) is 5.91 Å². The van der Waals surface area contributed by atoms with E-state index in [-0.39, 0.29) is 23.5 Å². The maximum absolute atomic E-state index is 13.1. The van der Waals surface area contributed by atoms with E-state index in [0.29, 0.717) is 10.6 Å². The summed E-state index contributed by atoms with van der Waals surface area (Å²) in [6.45, 7) is 5.64. The third-order valence-corrected chi connectivity index (χ3v) is 5.35. The number of carbonyl (C=O) groups excluding carboxylic acids is 4. The Morgan fingerprint density at radius 3 is 2.20 bits per heavy atom. The molecule has 2 aliphatic rings. The Bertz CT molecular complexity index is 1030. The van der Waals surface area contributed by atoms with E-state index in [0.717, 1.165) is 0 Å². The van der Waals surface area contributed by atoms with Crippen LogP contribution in [-0.4, -0.2) is 49.0 Å². The summed E-state index contributed by atoms with van der Waals surface area (Å²) >= 11 is 0. The molecule has 2 unspecified atom stereocenters. The van der Waals surface area contributed by atoms with Crippen LogP contribution in [0.4, 0.5) is 0 Å². The van der Waals surface area contributed by atoms with E-state index in [1.54, 1.807) is 41.2 Å². The van der Waals surface area contributed by atoms with Crippen molar-refractivity contribution in [2.24, 2.45) is 13.0 Å². The van der Waals surface area contributed by atoms with Crippen molar-refractivity contribution in [1.29, 1.82) is 0 Å². The number of likely N-dealkylation sites (tertiary alicyclic amines) is 1. The summed E-state index contributed by atoms with van der Waals surface area (Å²) in [5, 5.41) is 4.64. The molecule has 2 aromatic rings. The maximum atomic E-state index is 13.1. The number of fused-ring (bicyclic) bond motifs is 1. The fraction of sp³-hybridized carbons (Fsp3) is 0.381. The minimum absolute atomic E-state index is 0.0845. The van der Waals surface area contributed by atoms with Crippen molar-refractivity contribution in [2.45, 2.75) is 38.8 Å². The van der Waals surface area contributed by atoms with E-state index in [4.69, 9.17) is 4.84 Å². The summed E-state index contributed by atoms with van der Waals surface area (Å²) < 4.78 is 1.59. The Hall–Kier alpha value is -3.49. The van der Waals surface area contributed by atoms with Crippen LogP contribution in [0, 0.1) is 5.92 Å². The summed E-state index contributed by atoms with van der Waals surface area (Å²) in [7, 11) is 1.74. The number of hydroxylamine groups is 2. The molecule has 1 fully saturated rings. The molecule has 1 aromatic carbocycles. The second-order valence-corrected chi connectivity index (χ2v) is 8.50. The molecule has 30 heavy (non-hydrogen) atoms. The molecule has 9 heteroatoms. The molecule has 9 nitrogen and oxygen atoms in total. The number of nitrogens with zero attached hydrogens (tertiary/aromatic N) is 4. The van der Waals surface area contributed by atoms with Crippen molar-refractivity contribution < 1.29 is 24.0 Å². The van der Waals surface area contributed by atoms with Crippen LogP contribution in [-0.2, 0) is 21.5 Å². The molecule has 3 amide bonds. The summed E-state index contributed by atoms with van der Waals surface area (Å²) in [6, 6.07) is 5.65. The average molecular weight is 410 g/mol. The smallest absolute Gasteiger partial charge is 0.330 e. The minimum Gasteiger partial charge on any atom is -0.330 e. The molecule has 2 aliphatic heterocycles. The SMILES string of the molecule is Cn1cc(C2C(C(=O)ON3C(=O)c4ccccc4C3=O)CC(=O)N2C(C)(C)C)cn1. The summed E-state index contributed by atoms with van der Waals surface area (Å²) in [5.41, 5.74) is 0.487. The first-order valence-corrected chi connectivity index (χ1v) is 9.60. The zero-order chi connectivity index (χ0) is 21.8. The molecule has 0 spiro atoms. The number of aromatic nitrogens is 2. The lowest BCUT2D eigenvalue weighted by Gasteiger charge is -2.38. The van der Waals surface area contributed by atoms with Gasteiger partial charge in [0.05, 0.1) is 29.3 Å². The van der Waals surface area contributed by atoms with E-state index in [9.17, 15) is 19.2 Å². The first-order valence-electron chi connectivity index (χ1n) is 9.60. The van der Waals surface area contributed by atoms with Crippen molar-refractivity contribution in [3.05, 3.63) is 53.3 Å². The van der Waals surface area contributed by atoms with Gasteiger partial charge < -0.3 is 9.74 Å². The zero-order valence-corrected chi connectivity index (χ0v) is 17.2. The van der Waals surface area contributed by atoms with Crippen molar-refractivity contribution in [3.8, 4) is 0 Å². The first-order chi connectivity index (χ1) is 14.1. The number of imide groups is 1. The zero-order valence-electron chi connectivity index (χ0n) is 17.2. The van der Waals surface area contributed by atoms with Crippen LogP contribution in [0.3, 0.4) is 0 Å². The van der Waals surface area contributed by atoms with Crippen LogP contribution in [0.15, 0.2) is 36.7 Å². The van der Waals surface area contributed by atoms with Gasteiger partial charge in [-0.2, -0.15) is 5.10 Å². The monoisotopic (exact) mass is 410 g/mol. The Morgan fingerprint density at radius 1 is 1.10 bits per heavy atom. The molecule has 0 aliphatic carbocycles. The van der Waals surface area contributed by atoms with E-state index in [2.05, 4.69) is 5.10 Å². The van der Waals surface area contributed by atoms with Gasteiger partial charge in [0.15, 0.2) is 0 Å². The number of carbonyl (C=O) groups is 4. The van der Waals surface area contributed by atoms with Crippen molar-refractivity contribution in [1.82, 2.24) is 19.7 Å². The lowest BCUT2D eigenvalue weighted by atomic mass is 9.93. The Kier molecular flexibility index (Phi) is 4.48. The molecule has 0 radical (unpaired) electrons. The predicted octanol–water partition coefficient (Wildman–Crippen LogP) is 1.86. The predicted molar refractivity (Wildman–Crippen MR) is 104 cm³/mol. The van der Waals surface area contributed by atoms with Crippen LogP contribution in [0.2, 0.25) is 0 Å². The van der Waals surface area contributed by atoms with Gasteiger partial charge in [-0.15, -0.1) is 0 Å². The topological polar surface area (TPSA) is 102 Å². The van der Waals surface area contributed by atoms with E-state index in [1.807, 2.05) is 20.8 Å². The summed E-state index contributed by atoms with van der Waals surface area (Å²) in [5.74, 6) is -3.29. The van der Waals surface area contributed by atoms with E-state index in [1.165, 1.54) is 12.1 Å². The molecule has 1 aromatic heterocycles. The number of benzene rings is 1. The maximum Gasteiger partial charge on any atom is 0.339 e. The minimum atomic E-state index is -0.884. The summed E-state index contributed by atoms with van der Waals surface area (Å²) in [6.07, 6.45) is 3.26. The lowest BCUT2D eigenvalue weighted by molar-refractivity contribution is -0.175. The molecule has 3 heterocycles. The van der Waals surface area contributed by atoms with Gasteiger partial charge >= 0.3 is 5.97 Å². The third-order valence-electron chi connectivity index (χ3n) is 5.35. The van der Waals surface area contributed by atoms with Gasteiger partial charge in [0.1, 0.15) is 0 Å². The summed E-state index contributed by atoms with van der Waals surface area (Å²) in [4.78, 5) is 57.9. The van der Waals surface area contributed by atoms with Crippen molar-refractivity contribution in [2.75, 3.05) is 0 Å². The molecule has 0 saturated carbocycles. The highest BCUT2D eigenvalue weighted by atomic mass is 16.7. The molecular weight excluding hydrogens is 388 g/mol. The quantitative estimate of drug-likeness (QED) is 0.716. The molecule has 4 rings (SSSR count). The number of aryl methyl sites for hydroxylation is 1. The third kappa shape index (κ3) is 3.06. The number of rotatable bonds is 3. The highest BCUT2D eigenvalue weighted by Crippen LogP contribution is 2.43. The van der Waals surface area contributed by atoms with Crippen molar-refractivity contribution in [3.63, 3.8) is 0 Å². The van der Waals surface area contributed by atoms with Crippen LogP contribution in [0.25, 0.3) is 0 Å². The highest BCUT2D eigenvalue weighted by Gasteiger charge is 2.51. The normalized spacial score (nSPS) is 21.4. The standard InChI is InChI=1S/C21H22N4O5/c1-21(2,3)24-16(26)9-15(17(24)12-10-22-23(4)11-12)20(29)30-25-18(27)13-7-5-6-8-14(13)19(25)28/h5-8,10-11,15,17H,9H2,1-4H3. The second kappa shape index (κ2) is 6.79. The average Bonchev–Trinajstić information content (AvgIpc) is 3.32. The fourth-order valence-corrected chi connectivity index (χ4v) is 4.12. The van der Waals surface area contributed by atoms with Crippen LogP contribution in [0.5, 0.6) is 0 Å². The Balaban J connectivity index is 1.64. The molecule has 1 saturated heterocycles. The van der Waals surface area contributed by atoms with Crippen LogP contribution >= 0.6 is 0 Å². The number of hydrogen-bond acceptors (Lipinski definition) is 6. The van der Waals surface area contributed by atoms with Gasteiger partial charge in [-0.25, -0.2) is 4.79 Å². The van der Waals surface area contributed by atoms with Crippen LogP contribution < -0.4 is 0 Å². The van der Waals surface area contributed by atoms with Gasteiger partial charge in [0.25, 0.3) is 11.8 Å². The van der Waals surface area contributed by atoms with Gasteiger partial charge in [-0.1, -0.05) is 17.2 Å². The largest absolute Gasteiger partial charge is 0.339 e. The molecule has 2 atom stereocenters. The second-order valence-electron chi connectivity index (χ2n) is 8.50. The molecule has 0 bridgehead atoms.